The van der Waals surface area contributed by atoms with Crippen molar-refractivity contribution in [2.24, 2.45) is 0 Å². The lowest BCUT2D eigenvalue weighted by molar-refractivity contribution is 0.580. The quantitative estimate of drug-likeness (QED) is 0.882. The zero-order valence-corrected chi connectivity index (χ0v) is 13.3. The third-order valence-electron chi connectivity index (χ3n) is 3.02. The minimum atomic E-state index is -3.56. The minimum absolute atomic E-state index is 0.138. The lowest BCUT2D eigenvalue weighted by atomic mass is 10.2. The molecule has 1 aromatic carbocycles. The summed E-state index contributed by atoms with van der Waals surface area (Å²) in [7, 11) is 0.126. The first-order chi connectivity index (χ1) is 10.4. The average molecular weight is 323 g/mol. The fourth-order valence-corrected chi connectivity index (χ4v) is 3.15. The van der Waals surface area contributed by atoms with Crippen molar-refractivity contribution in [2.45, 2.75) is 12.3 Å². The van der Waals surface area contributed by atoms with Gasteiger partial charge in [0.1, 0.15) is 11.6 Å². The molecule has 0 saturated heterocycles. The molecule has 1 N–H and O–H groups in total. The first-order valence-electron chi connectivity index (χ1n) is 6.70. The lowest BCUT2D eigenvalue weighted by Gasteiger charge is -2.16. The second-order valence-corrected chi connectivity index (χ2v) is 6.90. The van der Waals surface area contributed by atoms with Crippen molar-refractivity contribution in [3.05, 3.63) is 59.5 Å². The molecule has 22 heavy (non-hydrogen) atoms. The van der Waals surface area contributed by atoms with Gasteiger partial charge in [0.05, 0.1) is 5.75 Å². The van der Waals surface area contributed by atoms with Crippen molar-refractivity contribution >= 4 is 15.8 Å². The van der Waals surface area contributed by atoms with Gasteiger partial charge in [-0.3, -0.25) is 0 Å². The van der Waals surface area contributed by atoms with E-state index in [2.05, 4.69) is 9.71 Å². The summed E-state index contributed by atoms with van der Waals surface area (Å²) in [5.74, 6) is -0.00621. The highest BCUT2D eigenvalue weighted by Gasteiger charge is 2.14. The highest BCUT2D eigenvalue weighted by Crippen LogP contribution is 2.15. The van der Waals surface area contributed by atoms with E-state index in [4.69, 9.17) is 0 Å². The van der Waals surface area contributed by atoms with Crippen LogP contribution >= 0.6 is 0 Å². The van der Waals surface area contributed by atoms with Crippen LogP contribution in [0, 0.1) is 5.82 Å². The van der Waals surface area contributed by atoms with Crippen LogP contribution in [-0.4, -0.2) is 27.5 Å². The van der Waals surface area contributed by atoms with Gasteiger partial charge in [-0.1, -0.05) is 18.2 Å². The van der Waals surface area contributed by atoms with Gasteiger partial charge in [-0.2, -0.15) is 0 Å². The summed E-state index contributed by atoms with van der Waals surface area (Å²) >= 11 is 0. The molecule has 0 aliphatic heterocycles. The number of nitrogens with zero attached hydrogens (tertiary/aromatic N) is 2. The Labute approximate surface area is 129 Å². The number of sulfonamides is 1. The van der Waals surface area contributed by atoms with E-state index >= 15 is 0 Å². The summed E-state index contributed by atoms with van der Waals surface area (Å²) in [5, 5.41) is 0. The monoisotopic (exact) mass is 323 g/mol. The summed E-state index contributed by atoms with van der Waals surface area (Å²) in [6.45, 7) is 0.138. The average Bonchev–Trinajstić information content (AvgIpc) is 2.45. The Morgan fingerprint density at radius 2 is 2.00 bits per heavy atom. The molecule has 1 heterocycles. The van der Waals surface area contributed by atoms with Crippen LogP contribution in [0.2, 0.25) is 0 Å². The van der Waals surface area contributed by atoms with Crippen LogP contribution in [0.3, 0.4) is 0 Å². The molecule has 118 valence electrons. The van der Waals surface area contributed by atoms with Gasteiger partial charge < -0.3 is 4.90 Å². The van der Waals surface area contributed by atoms with Crippen molar-refractivity contribution in [2.75, 3.05) is 19.0 Å². The molecule has 1 aromatic heterocycles. The van der Waals surface area contributed by atoms with Crippen molar-refractivity contribution in [3.8, 4) is 0 Å². The van der Waals surface area contributed by atoms with E-state index in [0.29, 0.717) is 11.4 Å². The Morgan fingerprint density at radius 1 is 1.23 bits per heavy atom. The van der Waals surface area contributed by atoms with Crippen molar-refractivity contribution < 1.29 is 12.8 Å². The highest BCUT2D eigenvalue weighted by atomic mass is 32.2. The second-order valence-electron chi connectivity index (χ2n) is 5.09. The number of pyridine rings is 1. The predicted molar refractivity (Wildman–Crippen MR) is 84.4 cm³/mol. The molecule has 2 rings (SSSR count). The van der Waals surface area contributed by atoms with E-state index in [9.17, 15) is 12.8 Å². The summed E-state index contributed by atoms with van der Waals surface area (Å²) in [5.41, 5.74) is 1.18. The SMILES string of the molecule is CN(C)c1ncccc1CNS(=O)(=O)Cc1cccc(F)c1. The zero-order valence-electron chi connectivity index (χ0n) is 12.5. The fourth-order valence-electron chi connectivity index (χ4n) is 2.06. The van der Waals surface area contributed by atoms with Crippen LogP contribution in [0.15, 0.2) is 42.6 Å². The third-order valence-corrected chi connectivity index (χ3v) is 4.32. The maximum atomic E-state index is 13.1. The first-order valence-corrected chi connectivity index (χ1v) is 8.35. The number of halogens is 1. The summed E-state index contributed by atoms with van der Waals surface area (Å²) in [4.78, 5) is 6.03. The molecule has 5 nitrogen and oxygen atoms in total. The second kappa shape index (κ2) is 6.85. The number of hydrogen-bond donors (Lipinski definition) is 1. The van der Waals surface area contributed by atoms with Crippen LogP contribution in [0.4, 0.5) is 10.2 Å². The van der Waals surface area contributed by atoms with E-state index in [1.165, 1.54) is 18.2 Å². The minimum Gasteiger partial charge on any atom is -0.362 e. The number of aromatic nitrogens is 1. The van der Waals surface area contributed by atoms with E-state index in [1.54, 1.807) is 18.3 Å². The molecular formula is C15H18FN3O2S. The largest absolute Gasteiger partial charge is 0.362 e. The first kappa shape index (κ1) is 16.4. The standard InChI is InChI=1S/C15H18FN3O2S/c1-19(2)15-13(6-4-8-17-15)10-18-22(20,21)11-12-5-3-7-14(16)9-12/h3-9,18H,10-11H2,1-2H3. The Kier molecular flexibility index (Phi) is 5.10. The van der Waals surface area contributed by atoms with Crippen LogP contribution in [-0.2, 0) is 22.3 Å². The van der Waals surface area contributed by atoms with Crippen LogP contribution < -0.4 is 9.62 Å². The van der Waals surface area contributed by atoms with E-state index in [0.717, 1.165) is 5.56 Å². The van der Waals surface area contributed by atoms with Gasteiger partial charge in [-0.15, -0.1) is 0 Å². The van der Waals surface area contributed by atoms with Gasteiger partial charge in [-0.25, -0.2) is 22.5 Å². The molecule has 0 unspecified atom stereocenters. The van der Waals surface area contributed by atoms with Gasteiger partial charge in [-0.05, 0) is 23.8 Å². The molecule has 0 bridgehead atoms. The summed E-state index contributed by atoms with van der Waals surface area (Å²) < 4.78 is 39.8. The maximum absolute atomic E-state index is 13.1. The van der Waals surface area contributed by atoms with Crippen LogP contribution in [0.5, 0.6) is 0 Å². The number of nitrogens with one attached hydrogen (secondary N) is 1. The lowest BCUT2D eigenvalue weighted by Crippen LogP contribution is -2.26. The number of hydrogen-bond acceptors (Lipinski definition) is 4. The molecular weight excluding hydrogens is 305 g/mol. The molecule has 7 heteroatoms. The van der Waals surface area contributed by atoms with E-state index < -0.39 is 15.8 Å². The Balaban J connectivity index is 2.07. The molecule has 2 aromatic rings. The number of anilines is 1. The summed E-state index contributed by atoms with van der Waals surface area (Å²) in [6.07, 6.45) is 1.65. The van der Waals surface area contributed by atoms with Crippen LogP contribution in [0.25, 0.3) is 0 Å². The molecule has 0 amide bonds. The van der Waals surface area contributed by atoms with Crippen molar-refractivity contribution in [3.63, 3.8) is 0 Å². The highest BCUT2D eigenvalue weighted by molar-refractivity contribution is 7.88. The van der Waals surface area contributed by atoms with Gasteiger partial charge in [0.15, 0.2) is 0 Å². The molecule has 0 atom stereocenters. The maximum Gasteiger partial charge on any atom is 0.216 e. The number of rotatable bonds is 6. The normalized spacial score (nSPS) is 11.4. The van der Waals surface area contributed by atoms with Gasteiger partial charge in [0.2, 0.25) is 10.0 Å². The number of benzene rings is 1. The molecule has 0 radical (unpaired) electrons. The Morgan fingerprint density at radius 3 is 2.68 bits per heavy atom. The van der Waals surface area contributed by atoms with E-state index in [1.807, 2.05) is 25.1 Å². The van der Waals surface area contributed by atoms with Crippen LogP contribution in [0.1, 0.15) is 11.1 Å². The Hall–Kier alpha value is -1.99. The van der Waals surface area contributed by atoms with E-state index in [-0.39, 0.29) is 12.3 Å². The molecule has 0 aliphatic rings. The molecule has 0 saturated carbocycles. The van der Waals surface area contributed by atoms with Crippen molar-refractivity contribution in [1.29, 1.82) is 0 Å². The van der Waals surface area contributed by atoms with Crippen molar-refractivity contribution in [1.82, 2.24) is 9.71 Å². The smallest absolute Gasteiger partial charge is 0.216 e. The summed E-state index contributed by atoms with van der Waals surface area (Å²) in [6, 6.07) is 9.14. The zero-order chi connectivity index (χ0) is 16.2. The third kappa shape index (κ3) is 4.51. The predicted octanol–water partition coefficient (Wildman–Crippen LogP) is 1.91. The molecule has 0 aliphatic carbocycles. The fraction of sp³-hybridized carbons (Fsp3) is 0.267. The van der Waals surface area contributed by atoms with Gasteiger partial charge in [0, 0.05) is 32.4 Å². The van der Waals surface area contributed by atoms with Gasteiger partial charge in [0.25, 0.3) is 0 Å². The molecule has 0 fully saturated rings. The van der Waals surface area contributed by atoms with Gasteiger partial charge >= 0.3 is 0 Å². The Bertz CT molecular complexity index is 748. The molecule has 0 spiro atoms. The topological polar surface area (TPSA) is 62.3 Å².